The second kappa shape index (κ2) is 6.59. The van der Waals surface area contributed by atoms with Gasteiger partial charge in [-0.15, -0.1) is 0 Å². The number of carbonyl (C=O) groups is 2. The second-order valence-electron chi connectivity index (χ2n) is 6.53. The van der Waals surface area contributed by atoms with Crippen LogP contribution in [0.3, 0.4) is 0 Å². The van der Waals surface area contributed by atoms with E-state index in [1.165, 1.54) is 0 Å². The van der Waals surface area contributed by atoms with Gasteiger partial charge in [-0.1, -0.05) is 6.07 Å². The normalized spacial score (nSPS) is 22.8. The summed E-state index contributed by atoms with van der Waals surface area (Å²) in [5.41, 5.74) is 0.0554. The molecule has 2 aliphatic rings. The van der Waals surface area contributed by atoms with Gasteiger partial charge in [0.05, 0.1) is 18.6 Å². The molecule has 24 heavy (non-hydrogen) atoms. The van der Waals surface area contributed by atoms with Crippen molar-refractivity contribution in [3.8, 4) is 11.5 Å². The number of carboxylic acids is 1. The summed E-state index contributed by atoms with van der Waals surface area (Å²) < 4.78 is 11.2. The second-order valence-corrected chi connectivity index (χ2v) is 6.53. The van der Waals surface area contributed by atoms with E-state index in [-0.39, 0.29) is 12.6 Å². The van der Waals surface area contributed by atoms with Gasteiger partial charge < -0.3 is 24.8 Å². The van der Waals surface area contributed by atoms with Crippen LogP contribution in [0, 0.1) is 5.41 Å². The number of aliphatic carboxylic acids is 1. The SMILES string of the molecule is CC1(C(=O)O)CCN(C(=O)NCc2ccc3c(c2)OCCCO3)C1. The predicted molar refractivity (Wildman–Crippen MR) is 86.2 cm³/mol. The van der Waals surface area contributed by atoms with E-state index in [1.54, 1.807) is 11.8 Å². The molecule has 1 unspecified atom stereocenters. The number of carboxylic acid groups (broad SMARTS) is 1. The maximum absolute atomic E-state index is 12.2. The van der Waals surface area contributed by atoms with E-state index in [0.29, 0.717) is 38.5 Å². The van der Waals surface area contributed by atoms with E-state index in [9.17, 15) is 14.7 Å². The van der Waals surface area contributed by atoms with Crippen LogP contribution in [0.1, 0.15) is 25.3 Å². The van der Waals surface area contributed by atoms with Gasteiger partial charge in [0.1, 0.15) is 0 Å². The van der Waals surface area contributed by atoms with Crippen molar-refractivity contribution in [1.29, 1.82) is 0 Å². The van der Waals surface area contributed by atoms with E-state index in [4.69, 9.17) is 9.47 Å². The summed E-state index contributed by atoms with van der Waals surface area (Å²) >= 11 is 0. The molecule has 3 rings (SSSR count). The molecule has 2 amide bonds. The number of amides is 2. The van der Waals surface area contributed by atoms with Crippen molar-refractivity contribution in [1.82, 2.24) is 10.2 Å². The fraction of sp³-hybridized carbons (Fsp3) is 0.529. The number of fused-ring (bicyclic) bond motifs is 1. The van der Waals surface area contributed by atoms with Gasteiger partial charge >= 0.3 is 12.0 Å². The highest BCUT2D eigenvalue weighted by molar-refractivity contribution is 5.79. The van der Waals surface area contributed by atoms with Crippen LogP contribution in [0.15, 0.2) is 18.2 Å². The highest BCUT2D eigenvalue weighted by atomic mass is 16.5. The third-order valence-corrected chi connectivity index (χ3v) is 4.53. The molecule has 1 fully saturated rings. The number of nitrogens with zero attached hydrogens (tertiary/aromatic N) is 1. The fourth-order valence-electron chi connectivity index (χ4n) is 2.92. The summed E-state index contributed by atoms with van der Waals surface area (Å²) in [6.45, 7) is 3.97. The summed E-state index contributed by atoms with van der Waals surface area (Å²) in [5, 5.41) is 12.1. The first-order valence-electron chi connectivity index (χ1n) is 8.13. The lowest BCUT2D eigenvalue weighted by atomic mass is 9.90. The number of urea groups is 1. The van der Waals surface area contributed by atoms with Gasteiger partial charge in [0.2, 0.25) is 0 Å². The zero-order valence-electron chi connectivity index (χ0n) is 13.7. The molecule has 2 heterocycles. The molecule has 1 aromatic rings. The molecule has 0 aromatic heterocycles. The Kier molecular flexibility index (Phi) is 4.51. The molecule has 130 valence electrons. The van der Waals surface area contributed by atoms with Crippen LogP contribution in [0.5, 0.6) is 11.5 Å². The van der Waals surface area contributed by atoms with Crippen molar-refractivity contribution in [2.75, 3.05) is 26.3 Å². The van der Waals surface area contributed by atoms with E-state index in [1.807, 2.05) is 18.2 Å². The van der Waals surface area contributed by atoms with Crippen molar-refractivity contribution in [3.63, 3.8) is 0 Å². The average molecular weight is 334 g/mol. The number of hydrogen-bond acceptors (Lipinski definition) is 4. The number of carbonyl (C=O) groups excluding carboxylic acids is 1. The van der Waals surface area contributed by atoms with Crippen molar-refractivity contribution < 1.29 is 24.2 Å². The van der Waals surface area contributed by atoms with Gasteiger partial charge in [-0.3, -0.25) is 4.79 Å². The molecule has 7 heteroatoms. The van der Waals surface area contributed by atoms with Crippen molar-refractivity contribution in [2.45, 2.75) is 26.3 Å². The van der Waals surface area contributed by atoms with Gasteiger partial charge in [-0.05, 0) is 31.0 Å². The summed E-state index contributed by atoms with van der Waals surface area (Å²) in [4.78, 5) is 25.0. The highest BCUT2D eigenvalue weighted by Crippen LogP contribution is 2.31. The van der Waals surface area contributed by atoms with Crippen LogP contribution < -0.4 is 14.8 Å². The van der Waals surface area contributed by atoms with E-state index in [0.717, 1.165) is 17.7 Å². The van der Waals surface area contributed by atoms with Crippen LogP contribution >= 0.6 is 0 Å². The molecule has 0 aliphatic carbocycles. The quantitative estimate of drug-likeness (QED) is 0.881. The largest absolute Gasteiger partial charge is 0.490 e. The average Bonchev–Trinajstić information content (AvgIpc) is 2.83. The van der Waals surface area contributed by atoms with Gasteiger partial charge in [-0.2, -0.15) is 0 Å². The number of benzene rings is 1. The van der Waals surface area contributed by atoms with Crippen molar-refractivity contribution in [3.05, 3.63) is 23.8 Å². The first-order chi connectivity index (χ1) is 11.5. The standard InChI is InChI=1S/C17H22N2O5/c1-17(15(20)21)5-6-19(11-17)16(22)18-10-12-3-4-13-14(9-12)24-8-2-7-23-13/h3-4,9H,2,5-8,10-11H2,1H3,(H,18,22)(H,20,21). The summed E-state index contributed by atoms with van der Waals surface area (Å²) in [6.07, 6.45) is 1.32. The Labute approximate surface area is 140 Å². The maximum Gasteiger partial charge on any atom is 0.317 e. The molecule has 1 saturated heterocycles. The van der Waals surface area contributed by atoms with Crippen molar-refractivity contribution >= 4 is 12.0 Å². The Morgan fingerprint density at radius 3 is 2.75 bits per heavy atom. The predicted octanol–water partition coefficient (Wildman–Crippen LogP) is 1.85. The molecule has 0 bridgehead atoms. The van der Waals surface area contributed by atoms with Crippen LogP contribution in [-0.2, 0) is 11.3 Å². The van der Waals surface area contributed by atoms with Crippen LogP contribution in [0.2, 0.25) is 0 Å². The number of ether oxygens (including phenoxy) is 2. The molecule has 2 N–H and O–H groups in total. The zero-order valence-corrected chi connectivity index (χ0v) is 13.7. The van der Waals surface area contributed by atoms with Crippen LogP contribution in [0.4, 0.5) is 4.79 Å². The first-order valence-corrected chi connectivity index (χ1v) is 8.13. The van der Waals surface area contributed by atoms with Gasteiger partial charge in [-0.25, -0.2) is 4.79 Å². The van der Waals surface area contributed by atoms with Gasteiger partial charge in [0, 0.05) is 26.1 Å². The molecule has 1 aromatic carbocycles. The minimum Gasteiger partial charge on any atom is -0.490 e. The smallest absolute Gasteiger partial charge is 0.317 e. The third-order valence-electron chi connectivity index (χ3n) is 4.53. The van der Waals surface area contributed by atoms with Crippen LogP contribution in [-0.4, -0.2) is 48.3 Å². The maximum atomic E-state index is 12.2. The zero-order chi connectivity index (χ0) is 17.2. The van der Waals surface area contributed by atoms with Crippen molar-refractivity contribution in [2.24, 2.45) is 5.41 Å². The Hall–Kier alpha value is -2.44. The van der Waals surface area contributed by atoms with E-state index in [2.05, 4.69) is 5.32 Å². The Morgan fingerprint density at radius 1 is 1.29 bits per heavy atom. The molecule has 0 spiro atoms. The molecule has 7 nitrogen and oxygen atoms in total. The third kappa shape index (κ3) is 3.39. The summed E-state index contributed by atoms with van der Waals surface area (Å²) in [5.74, 6) is 0.555. The lowest BCUT2D eigenvalue weighted by molar-refractivity contribution is -0.147. The molecule has 2 aliphatic heterocycles. The minimum absolute atomic E-state index is 0.231. The lowest BCUT2D eigenvalue weighted by Gasteiger charge is -2.20. The number of rotatable bonds is 3. The Bertz CT molecular complexity index is 648. The molecule has 1 atom stereocenters. The van der Waals surface area contributed by atoms with Gasteiger partial charge in [0.25, 0.3) is 0 Å². The lowest BCUT2D eigenvalue weighted by Crippen LogP contribution is -2.40. The Balaban J connectivity index is 1.57. The monoisotopic (exact) mass is 334 g/mol. The van der Waals surface area contributed by atoms with E-state index < -0.39 is 11.4 Å². The fourth-order valence-corrected chi connectivity index (χ4v) is 2.92. The summed E-state index contributed by atoms with van der Waals surface area (Å²) in [6, 6.07) is 5.36. The molecule has 0 saturated carbocycles. The number of nitrogens with one attached hydrogen (secondary N) is 1. The minimum atomic E-state index is -0.860. The molecular formula is C17H22N2O5. The number of hydrogen-bond donors (Lipinski definition) is 2. The van der Waals surface area contributed by atoms with Gasteiger partial charge in [0.15, 0.2) is 11.5 Å². The summed E-state index contributed by atoms with van der Waals surface area (Å²) in [7, 11) is 0. The molecular weight excluding hydrogens is 312 g/mol. The topological polar surface area (TPSA) is 88.1 Å². The molecule has 0 radical (unpaired) electrons. The first kappa shape index (κ1) is 16.4. The number of likely N-dealkylation sites (tertiary alicyclic amines) is 1. The highest BCUT2D eigenvalue weighted by Gasteiger charge is 2.42. The Morgan fingerprint density at radius 2 is 2.04 bits per heavy atom. The van der Waals surface area contributed by atoms with Crippen LogP contribution in [0.25, 0.3) is 0 Å². The van der Waals surface area contributed by atoms with E-state index >= 15 is 0 Å².